The first kappa shape index (κ1) is 13.9. The van der Waals surface area contributed by atoms with E-state index in [1.165, 1.54) is 0 Å². The second-order valence-corrected chi connectivity index (χ2v) is 5.57. The normalized spacial score (nSPS) is 20.9. The van der Waals surface area contributed by atoms with E-state index in [9.17, 15) is 5.11 Å². The molecule has 1 aliphatic rings. The SMILES string of the molecule is Cc1cc(C)nc(CNc2cc(C3CC(O)C3)ncn2)n1. The third kappa shape index (κ3) is 3.33. The molecular weight excluding hydrogens is 266 g/mol. The lowest BCUT2D eigenvalue weighted by Gasteiger charge is -2.30. The monoisotopic (exact) mass is 285 g/mol. The number of nitrogens with zero attached hydrogens (tertiary/aromatic N) is 4. The van der Waals surface area contributed by atoms with Crippen molar-refractivity contribution in [3.8, 4) is 0 Å². The first-order chi connectivity index (χ1) is 10.1. The van der Waals surface area contributed by atoms with Crippen LogP contribution in [0.25, 0.3) is 0 Å². The topological polar surface area (TPSA) is 83.8 Å². The van der Waals surface area contributed by atoms with E-state index in [2.05, 4.69) is 25.3 Å². The Labute approximate surface area is 123 Å². The molecule has 21 heavy (non-hydrogen) atoms. The van der Waals surface area contributed by atoms with Crippen LogP contribution in [0.4, 0.5) is 5.82 Å². The van der Waals surface area contributed by atoms with E-state index in [1.807, 2.05) is 26.0 Å². The number of aliphatic hydroxyl groups excluding tert-OH is 1. The number of aliphatic hydroxyl groups is 1. The molecule has 1 fully saturated rings. The largest absolute Gasteiger partial charge is 0.393 e. The van der Waals surface area contributed by atoms with Crippen LogP contribution in [-0.4, -0.2) is 31.1 Å². The minimum Gasteiger partial charge on any atom is -0.393 e. The summed E-state index contributed by atoms with van der Waals surface area (Å²) in [6, 6.07) is 3.90. The lowest BCUT2D eigenvalue weighted by atomic mass is 9.80. The maximum absolute atomic E-state index is 9.38. The molecule has 2 aromatic heterocycles. The van der Waals surface area contributed by atoms with Gasteiger partial charge in [-0.25, -0.2) is 19.9 Å². The van der Waals surface area contributed by atoms with Crippen molar-refractivity contribution >= 4 is 5.82 Å². The van der Waals surface area contributed by atoms with Crippen LogP contribution in [0.3, 0.4) is 0 Å². The van der Waals surface area contributed by atoms with E-state index in [4.69, 9.17) is 0 Å². The van der Waals surface area contributed by atoms with Crippen LogP contribution in [0.5, 0.6) is 0 Å². The molecule has 0 unspecified atom stereocenters. The molecule has 2 heterocycles. The van der Waals surface area contributed by atoms with Crippen LogP contribution in [0.2, 0.25) is 0 Å². The summed E-state index contributed by atoms with van der Waals surface area (Å²) < 4.78 is 0. The fraction of sp³-hybridized carbons (Fsp3) is 0.467. The summed E-state index contributed by atoms with van der Waals surface area (Å²) in [7, 11) is 0. The van der Waals surface area contributed by atoms with Gasteiger partial charge in [0, 0.05) is 29.1 Å². The van der Waals surface area contributed by atoms with Crippen molar-refractivity contribution in [2.45, 2.75) is 45.3 Å². The summed E-state index contributed by atoms with van der Waals surface area (Å²) in [6.07, 6.45) is 2.96. The Bertz CT molecular complexity index is 619. The van der Waals surface area contributed by atoms with E-state index in [0.717, 1.165) is 41.6 Å². The molecule has 1 aliphatic carbocycles. The average molecular weight is 285 g/mol. The van der Waals surface area contributed by atoms with E-state index in [-0.39, 0.29) is 6.10 Å². The summed E-state index contributed by atoms with van der Waals surface area (Å²) in [5, 5.41) is 12.6. The van der Waals surface area contributed by atoms with Gasteiger partial charge in [-0.2, -0.15) is 0 Å². The molecule has 0 saturated heterocycles. The Morgan fingerprint density at radius 1 is 1.14 bits per heavy atom. The van der Waals surface area contributed by atoms with Crippen molar-refractivity contribution in [3.05, 3.63) is 41.4 Å². The van der Waals surface area contributed by atoms with Gasteiger partial charge in [-0.1, -0.05) is 0 Å². The van der Waals surface area contributed by atoms with E-state index in [0.29, 0.717) is 12.5 Å². The maximum Gasteiger partial charge on any atom is 0.147 e. The van der Waals surface area contributed by atoms with Gasteiger partial charge in [0.05, 0.1) is 12.6 Å². The minimum atomic E-state index is -0.176. The molecule has 0 bridgehead atoms. The molecule has 0 amide bonds. The smallest absolute Gasteiger partial charge is 0.147 e. The van der Waals surface area contributed by atoms with Crippen molar-refractivity contribution in [1.82, 2.24) is 19.9 Å². The number of nitrogens with one attached hydrogen (secondary N) is 1. The zero-order valence-corrected chi connectivity index (χ0v) is 12.2. The molecule has 110 valence electrons. The highest BCUT2D eigenvalue weighted by Gasteiger charge is 2.29. The van der Waals surface area contributed by atoms with Crippen molar-refractivity contribution in [3.63, 3.8) is 0 Å². The van der Waals surface area contributed by atoms with Crippen molar-refractivity contribution in [1.29, 1.82) is 0 Å². The molecule has 2 aromatic rings. The molecule has 6 heteroatoms. The quantitative estimate of drug-likeness (QED) is 0.890. The van der Waals surface area contributed by atoms with Crippen LogP contribution in [0.1, 0.15) is 41.7 Å². The molecule has 0 atom stereocenters. The fourth-order valence-corrected chi connectivity index (χ4v) is 2.57. The molecule has 0 spiro atoms. The predicted molar refractivity (Wildman–Crippen MR) is 78.8 cm³/mol. The molecule has 0 aliphatic heterocycles. The molecule has 0 aromatic carbocycles. The highest BCUT2D eigenvalue weighted by atomic mass is 16.3. The standard InChI is InChI=1S/C15H19N5O/c1-9-3-10(2)20-15(19-9)7-16-14-6-13(17-8-18-14)11-4-12(21)5-11/h3,6,8,11-12,21H,4-5,7H2,1-2H3,(H,16,17,18). The average Bonchev–Trinajstić information content (AvgIpc) is 2.41. The van der Waals surface area contributed by atoms with E-state index >= 15 is 0 Å². The highest BCUT2D eigenvalue weighted by molar-refractivity contribution is 5.36. The van der Waals surface area contributed by atoms with Gasteiger partial charge in [-0.05, 0) is 32.8 Å². The molecule has 0 radical (unpaired) electrons. The van der Waals surface area contributed by atoms with Crippen LogP contribution in [0, 0.1) is 13.8 Å². The minimum absolute atomic E-state index is 0.176. The van der Waals surface area contributed by atoms with Crippen LogP contribution >= 0.6 is 0 Å². The lowest BCUT2D eigenvalue weighted by molar-refractivity contribution is 0.0732. The van der Waals surface area contributed by atoms with Gasteiger partial charge < -0.3 is 10.4 Å². The van der Waals surface area contributed by atoms with Crippen LogP contribution < -0.4 is 5.32 Å². The molecule has 2 N–H and O–H groups in total. The molecular formula is C15H19N5O. The van der Waals surface area contributed by atoms with Gasteiger partial charge in [0.15, 0.2) is 0 Å². The second-order valence-electron chi connectivity index (χ2n) is 5.57. The van der Waals surface area contributed by atoms with Gasteiger partial charge in [-0.3, -0.25) is 0 Å². The third-order valence-electron chi connectivity index (χ3n) is 3.68. The Hall–Kier alpha value is -2.08. The Morgan fingerprint density at radius 2 is 1.86 bits per heavy atom. The maximum atomic E-state index is 9.38. The predicted octanol–water partition coefficient (Wildman–Crippen LogP) is 1.73. The summed E-state index contributed by atoms with van der Waals surface area (Å²) >= 11 is 0. The van der Waals surface area contributed by atoms with Crippen LogP contribution in [0.15, 0.2) is 18.5 Å². The van der Waals surface area contributed by atoms with E-state index < -0.39 is 0 Å². The second kappa shape index (κ2) is 5.73. The van der Waals surface area contributed by atoms with Crippen molar-refractivity contribution < 1.29 is 5.11 Å². The Kier molecular flexibility index (Phi) is 3.79. The molecule has 1 saturated carbocycles. The zero-order valence-electron chi connectivity index (χ0n) is 12.2. The van der Waals surface area contributed by atoms with E-state index in [1.54, 1.807) is 6.33 Å². The molecule has 6 nitrogen and oxygen atoms in total. The van der Waals surface area contributed by atoms with Gasteiger partial charge in [-0.15, -0.1) is 0 Å². The number of rotatable bonds is 4. The summed E-state index contributed by atoms with van der Waals surface area (Å²) in [5.41, 5.74) is 2.91. The number of anilines is 1. The summed E-state index contributed by atoms with van der Waals surface area (Å²) in [4.78, 5) is 17.3. The van der Waals surface area contributed by atoms with Crippen LogP contribution in [-0.2, 0) is 6.54 Å². The zero-order chi connectivity index (χ0) is 14.8. The molecule has 3 rings (SSSR count). The van der Waals surface area contributed by atoms with Crippen molar-refractivity contribution in [2.24, 2.45) is 0 Å². The first-order valence-corrected chi connectivity index (χ1v) is 7.15. The number of hydrogen-bond acceptors (Lipinski definition) is 6. The Balaban J connectivity index is 1.66. The van der Waals surface area contributed by atoms with Gasteiger partial charge in [0.1, 0.15) is 18.0 Å². The summed E-state index contributed by atoms with van der Waals surface area (Å²) in [5.74, 6) is 1.87. The van der Waals surface area contributed by atoms with Crippen molar-refractivity contribution in [2.75, 3.05) is 5.32 Å². The summed E-state index contributed by atoms with van der Waals surface area (Å²) in [6.45, 7) is 4.46. The number of aryl methyl sites for hydroxylation is 2. The number of aromatic nitrogens is 4. The Morgan fingerprint density at radius 3 is 2.52 bits per heavy atom. The van der Waals surface area contributed by atoms with Gasteiger partial charge >= 0.3 is 0 Å². The lowest BCUT2D eigenvalue weighted by Crippen LogP contribution is -2.27. The highest BCUT2D eigenvalue weighted by Crippen LogP contribution is 2.35. The third-order valence-corrected chi connectivity index (χ3v) is 3.68. The fourth-order valence-electron chi connectivity index (χ4n) is 2.57. The van der Waals surface area contributed by atoms with Gasteiger partial charge in [0.25, 0.3) is 0 Å². The first-order valence-electron chi connectivity index (χ1n) is 7.15. The van der Waals surface area contributed by atoms with Gasteiger partial charge in [0.2, 0.25) is 0 Å². The number of hydrogen-bond donors (Lipinski definition) is 2.